The summed E-state index contributed by atoms with van der Waals surface area (Å²) < 4.78 is 10.4. The van der Waals surface area contributed by atoms with Crippen molar-refractivity contribution in [2.24, 2.45) is 0 Å². The summed E-state index contributed by atoms with van der Waals surface area (Å²) in [4.78, 5) is 0. The second-order valence-electron chi connectivity index (χ2n) is 4.00. The summed E-state index contributed by atoms with van der Waals surface area (Å²) in [7, 11) is -1.80. The fourth-order valence-corrected chi connectivity index (χ4v) is 1.52. The number of aryl methyl sites for hydroxylation is 2. The van der Waals surface area contributed by atoms with E-state index in [1.54, 1.807) is 12.1 Å². The maximum absolute atomic E-state index is 8.70. The van der Waals surface area contributed by atoms with Gasteiger partial charge in [0.05, 0.1) is 6.10 Å². The van der Waals surface area contributed by atoms with Crippen LogP contribution in [0.2, 0.25) is 0 Å². The van der Waals surface area contributed by atoms with Crippen molar-refractivity contribution in [2.45, 2.75) is 33.8 Å². The molecule has 1 rings (SSSR count). The average Bonchev–Trinajstić information content (AvgIpc) is 2.10. The topological polar surface area (TPSA) is 58.9 Å². The number of benzene rings is 1. The molecule has 1 aromatic rings. The molecule has 0 fully saturated rings. The fraction of sp³-hybridized carbons (Fsp3) is 0.455. The van der Waals surface area contributed by atoms with Gasteiger partial charge in [0.25, 0.3) is 0 Å². The molecule has 0 aliphatic heterocycles. The van der Waals surface area contributed by atoms with Gasteiger partial charge in [0.15, 0.2) is 0 Å². The molecule has 0 aliphatic rings. The van der Waals surface area contributed by atoms with Crippen LogP contribution >= 0.6 is 0 Å². The Labute approximate surface area is 96.0 Å². The third kappa shape index (κ3) is 3.43. The van der Waals surface area contributed by atoms with Crippen molar-refractivity contribution in [1.82, 2.24) is 0 Å². The van der Waals surface area contributed by atoms with E-state index in [0.29, 0.717) is 5.75 Å². The molecule has 0 saturated carbocycles. The highest BCUT2D eigenvalue weighted by Gasteiger charge is 2.14. The molecular weight excluding hydrogens is 207 g/mol. The summed E-state index contributed by atoms with van der Waals surface area (Å²) in [6, 6.07) is 3.42. The van der Waals surface area contributed by atoms with E-state index in [2.05, 4.69) is 0 Å². The van der Waals surface area contributed by atoms with Crippen LogP contribution in [-0.4, -0.2) is 23.5 Å². The second-order valence-corrected chi connectivity index (χ2v) is 4.00. The van der Waals surface area contributed by atoms with Crippen molar-refractivity contribution >= 4 is 7.32 Å². The molecule has 0 bridgehead atoms. The Morgan fingerprint density at radius 3 is 2.00 bits per heavy atom. The minimum absolute atomic E-state index is 0.104. The lowest BCUT2D eigenvalue weighted by Crippen LogP contribution is -2.20. The van der Waals surface area contributed by atoms with Gasteiger partial charge in [-0.1, -0.05) is 0 Å². The molecule has 16 heavy (non-hydrogen) atoms. The number of ether oxygens (including phenoxy) is 1. The van der Waals surface area contributed by atoms with E-state index >= 15 is 0 Å². The van der Waals surface area contributed by atoms with Crippen LogP contribution in [0.3, 0.4) is 0 Å². The quantitative estimate of drug-likeness (QED) is 0.759. The van der Waals surface area contributed by atoms with E-state index in [-0.39, 0.29) is 6.10 Å². The Balaban J connectivity index is 2.98. The zero-order valence-electron chi connectivity index (χ0n) is 10.0. The van der Waals surface area contributed by atoms with Gasteiger partial charge >= 0.3 is 7.32 Å². The molecule has 0 heterocycles. The first-order valence-corrected chi connectivity index (χ1v) is 5.21. The molecule has 0 atom stereocenters. The zero-order valence-corrected chi connectivity index (χ0v) is 10.0. The van der Waals surface area contributed by atoms with Gasteiger partial charge in [-0.3, -0.25) is 0 Å². The van der Waals surface area contributed by atoms with E-state index in [9.17, 15) is 0 Å². The van der Waals surface area contributed by atoms with Crippen LogP contribution in [0, 0.1) is 13.8 Å². The summed E-state index contributed by atoms with van der Waals surface area (Å²) in [6.45, 7) is 7.70. The molecule has 88 valence electrons. The van der Waals surface area contributed by atoms with Crippen molar-refractivity contribution in [1.29, 1.82) is 0 Å². The summed E-state index contributed by atoms with van der Waals surface area (Å²) in [5, 5.41) is 17.4. The highest BCUT2D eigenvalue weighted by molar-refractivity contribution is 6.33. The van der Waals surface area contributed by atoms with E-state index in [1.807, 2.05) is 27.7 Å². The summed E-state index contributed by atoms with van der Waals surface area (Å²) in [6.07, 6.45) is 0.104. The van der Waals surface area contributed by atoms with Crippen molar-refractivity contribution in [3.05, 3.63) is 23.3 Å². The van der Waals surface area contributed by atoms with Gasteiger partial charge < -0.3 is 19.4 Å². The van der Waals surface area contributed by atoms with Crippen molar-refractivity contribution in [3.8, 4) is 11.5 Å². The highest BCUT2D eigenvalue weighted by Crippen LogP contribution is 2.29. The van der Waals surface area contributed by atoms with Crippen LogP contribution in [0.1, 0.15) is 25.0 Å². The smallest absolute Gasteiger partial charge is 0.512 e. The minimum atomic E-state index is -1.80. The predicted octanol–water partition coefficient (Wildman–Crippen LogP) is 1.44. The lowest BCUT2D eigenvalue weighted by molar-refractivity contribution is 0.238. The fourth-order valence-electron chi connectivity index (χ4n) is 1.52. The van der Waals surface area contributed by atoms with Crippen molar-refractivity contribution in [2.75, 3.05) is 0 Å². The predicted molar refractivity (Wildman–Crippen MR) is 62.5 cm³/mol. The van der Waals surface area contributed by atoms with Crippen molar-refractivity contribution < 1.29 is 19.4 Å². The normalized spacial score (nSPS) is 10.4. The maximum atomic E-state index is 8.70. The lowest BCUT2D eigenvalue weighted by Gasteiger charge is -2.16. The van der Waals surface area contributed by atoms with Crippen LogP contribution in [0.15, 0.2) is 12.1 Å². The van der Waals surface area contributed by atoms with Gasteiger partial charge in [-0.25, -0.2) is 0 Å². The number of hydrogen-bond donors (Lipinski definition) is 2. The Kier molecular flexibility index (Phi) is 4.21. The minimum Gasteiger partial charge on any atom is -0.512 e. The monoisotopic (exact) mass is 224 g/mol. The highest BCUT2D eigenvalue weighted by atomic mass is 16.6. The van der Waals surface area contributed by atoms with Gasteiger partial charge in [-0.2, -0.15) is 0 Å². The molecule has 0 aliphatic carbocycles. The summed E-state index contributed by atoms with van der Waals surface area (Å²) in [5.41, 5.74) is 1.81. The molecule has 5 heteroatoms. The first-order chi connectivity index (χ1) is 7.40. The third-order valence-electron chi connectivity index (χ3n) is 2.03. The van der Waals surface area contributed by atoms with Gasteiger partial charge in [0.2, 0.25) is 0 Å². The number of rotatable bonds is 4. The molecular formula is C11H17BO4. The number of hydrogen-bond acceptors (Lipinski definition) is 4. The van der Waals surface area contributed by atoms with Crippen LogP contribution < -0.4 is 9.39 Å². The van der Waals surface area contributed by atoms with Crippen LogP contribution in [-0.2, 0) is 0 Å². The maximum Gasteiger partial charge on any atom is 0.707 e. The summed E-state index contributed by atoms with van der Waals surface area (Å²) >= 11 is 0. The van der Waals surface area contributed by atoms with E-state index in [4.69, 9.17) is 19.4 Å². The molecule has 2 N–H and O–H groups in total. The molecule has 0 aromatic heterocycles. The SMILES string of the molecule is Cc1cc(OB(O)O)cc(C)c1OC(C)C. The van der Waals surface area contributed by atoms with Gasteiger partial charge in [0.1, 0.15) is 11.5 Å². The van der Waals surface area contributed by atoms with E-state index in [1.165, 1.54) is 0 Å². The van der Waals surface area contributed by atoms with Crippen LogP contribution in [0.4, 0.5) is 0 Å². The van der Waals surface area contributed by atoms with Crippen molar-refractivity contribution in [3.63, 3.8) is 0 Å². The van der Waals surface area contributed by atoms with E-state index < -0.39 is 7.32 Å². The molecule has 0 spiro atoms. The van der Waals surface area contributed by atoms with Crippen LogP contribution in [0.25, 0.3) is 0 Å². The first kappa shape index (κ1) is 12.9. The third-order valence-corrected chi connectivity index (χ3v) is 2.03. The molecule has 0 radical (unpaired) electrons. The Morgan fingerprint density at radius 2 is 1.62 bits per heavy atom. The molecule has 0 amide bonds. The Morgan fingerprint density at radius 1 is 1.12 bits per heavy atom. The largest absolute Gasteiger partial charge is 0.707 e. The lowest BCUT2D eigenvalue weighted by atomic mass is 10.1. The van der Waals surface area contributed by atoms with Crippen LogP contribution in [0.5, 0.6) is 11.5 Å². The molecule has 4 nitrogen and oxygen atoms in total. The Hall–Kier alpha value is -1.20. The van der Waals surface area contributed by atoms with Gasteiger partial charge in [0, 0.05) is 0 Å². The molecule has 0 unspecified atom stereocenters. The van der Waals surface area contributed by atoms with E-state index in [0.717, 1.165) is 16.9 Å². The van der Waals surface area contributed by atoms with Gasteiger partial charge in [-0.05, 0) is 51.0 Å². The second kappa shape index (κ2) is 5.23. The Bertz CT molecular complexity index is 340. The first-order valence-electron chi connectivity index (χ1n) is 5.21. The molecule has 1 aromatic carbocycles. The van der Waals surface area contributed by atoms with Gasteiger partial charge in [-0.15, -0.1) is 0 Å². The average molecular weight is 224 g/mol. The summed E-state index contributed by atoms with van der Waals surface area (Å²) in [5.74, 6) is 1.23. The molecule has 0 saturated heterocycles. The standard InChI is InChI=1S/C11H17BO4/c1-7(2)15-11-8(3)5-10(6-9(11)4)16-12(13)14/h5-7,13-14H,1-4H3. The zero-order chi connectivity index (χ0) is 12.3.